The molecule has 0 atom stereocenters. The van der Waals surface area contributed by atoms with E-state index < -0.39 is 17.3 Å². The Morgan fingerprint density at radius 3 is 2.63 bits per heavy atom. The molecular weight excluding hydrogens is 549 g/mol. The molecule has 0 spiro atoms. The van der Waals surface area contributed by atoms with Gasteiger partial charge < -0.3 is 24.6 Å². The molecule has 0 unspecified atom stereocenters. The van der Waals surface area contributed by atoms with Crippen molar-refractivity contribution in [1.29, 1.82) is 0 Å². The number of ether oxygens (including phenoxy) is 2. The summed E-state index contributed by atoms with van der Waals surface area (Å²) in [6.45, 7) is 7.87. The molecule has 0 saturated carbocycles. The van der Waals surface area contributed by atoms with Gasteiger partial charge in [-0.2, -0.15) is 0 Å². The summed E-state index contributed by atoms with van der Waals surface area (Å²) in [5.74, 6) is -0.639. The van der Waals surface area contributed by atoms with E-state index in [9.17, 15) is 18.8 Å². The molecule has 12 heteroatoms. The fourth-order valence-electron chi connectivity index (χ4n) is 4.79. The molecule has 3 amide bonds. The van der Waals surface area contributed by atoms with Crippen LogP contribution in [0.2, 0.25) is 0 Å². The number of anilines is 3. The monoisotopic (exact) mass is 581 g/mol. The van der Waals surface area contributed by atoms with E-state index in [2.05, 4.69) is 10.3 Å². The number of methoxy groups -OCH3 is 1. The predicted octanol–water partition coefficient (Wildman–Crippen LogP) is 5.15. The van der Waals surface area contributed by atoms with E-state index in [1.165, 1.54) is 28.4 Å². The summed E-state index contributed by atoms with van der Waals surface area (Å²) in [6, 6.07) is 9.56. The van der Waals surface area contributed by atoms with E-state index >= 15 is 0 Å². The van der Waals surface area contributed by atoms with E-state index in [1.54, 1.807) is 35.6 Å². The standard InChI is InChI=1S/C29H32FN5O5S/c1-29(2,3)40-28(38)34-11-5-10-33(12-13-34)24-9-7-19(30)14-22(24)31-25(36)23-17-41-27(32-23)35-16-18-6-8-20(39-4)15-21(18)26(35)37/h6-9,14-15,17H,5,10-13,16H2,1-4H3,(H,31,36). The third-order valence-electron chi connectivity index (χ3n) is 6.77. The van der Waals surface area contributed by atoms with Gasteiger partial charge in [0.15, 0.2) is 5.13 Å². The van der Waals surface area contributed by atoms with Crippen molar-refractivity contribution in [3.63, 3.8) is 0 Å². The Bertz CT molecular complexity index is 1490. The number of carbonyl (C=O) groups is 3. The van der Waals surface area contributed by atoms with Gasteiger partial charge in [-0.15, -0.1) is 11.3 Å². The lowest BCUT2D eigenvalue weighted by Gasteiger charge is -2.27. The summed E-state index contributed by atoms with van der Waals surface area (Å²) in [4.78, 5) is 48.4. The van der Waals surface area contributed by atoms with Gasteiger partial charge in [0.1, 0.15) is 22.9 Å². The van der Waals surface area contributed by atoms with Gasteiger partial charge in [-0.25, -0.2) is 14.2 Å². The maximum Gasteiger partial charge on any atom is 0.410 e. The minimum Gasteiger partial charge on any atom is -0.497 e. The summed E-state index contributed by atoms with van der Waals surface area (Å²) in [5, 5.41) is 4.76. The molecule has 1 fully saturated rings. The van der Waals surface area contributed by atoms with Gasteiger partial charge in [-0.05, 0) is 63.1 Å². The molecule has 3 aromatic rings. The molecule has 41 heavy (non-hydrogen) atoms. The molecule has 10 nitrogen and oxygen atoms in total. The van der Waals surface area contributed by atoms with E-state index in [-0.39, 0.29) is 17.7 Å². The average Bonchev–Trinajstić information content (AvgIpc) is 3.44. The van der Waals surface area contributed by atoms with Crippen molar-refractivity contribution in [1.82, 2.24) is 9.88 Å². The summed E-state index contributed by atoms with van der Waals surface area (Å²) in [6.07, 6.45) is 0.308. The second-order valence-electron chi connectivity index (χ2n) is 10.9. The molecule has 0 radical (unpaired) electrons. The minimum absolute atomic E-state index is 0.119. The molecule has 2 aliphatic heterocycles. The highest BCUT2D eigenvalue weighted by Gasteiger charge is 2.31. The zero-order valence-corrected chi connectivity index (χ0v) is 24.2. The molecule has 2 aliphatic rings. The van der Waals surface area contributed by atoms with E-state index in [0.717, 1.165) is 5.56 Å². The van der Waals surface area contributed by atoms with Gasteiger partial charge >= 0.3 is 6.09 Å². The maximum atomic E-state index is 14.3. The number of hydrogen-bond donors (Lipinski definition) is 1. The topological polar surface area (TPSA) is 104 Å². The van der Waals surface area contributed by atoms with E-state index in [0.29, 0.717) is 67.0 Å². The number of thiazole rings is 1. The molecule has 2 aromatic carbocycles. The lowest BCUT2D eigenvalue weighted by Crippen LogP contribution is -2.39. The van der Waals surface area contributed by atoms with Crippen molar-refractivity contribution < 1.29 is 28.2 Å². The van der Waals surface area contributed by atoms with E-state index in [1.807, 2.05) is 31.7 Å². The first kappa shape index (κ1) is 28.3. The van der Waals surface area contributed by atoms with Crippen LogP contribution in [0.1, 0.15) is 53.6 Å². The van der Waals surface area contributed by atoms with Crippen LogP contribution in [0.4, 0.5) is 25.7 Å². The van der Waals surface area contributed by atoms with E-state index in [4.69, 9.17) is 9.47 Å². The van der Waals surface area contributed by atoms with Crippen molar-refractivity contribution in [3.05, 3.63) is 64.4 Å². The molecule has 1 saturated heterocycles. The van der Waals surface area contributed by atoms with Crippen LogP contribution in [0.25, 0.3) is 0 Å². The third-order valence-corrected chi connectivity index (χ3v) is 7.64. The molecule has 5 rings (SSSR count). The zero-order valence-electron chi connectivity index (χ0n) is 23.4. The first-order valence-electron chi connectivity index (χ1n) is 13.3. The number of benzene rings is 2. The Morgan fingerprint density at radius 2 is 1.88 bits per heavy atom. The van der Waals surface area contributed by atoms with Crippen LogP contribution in [-0.2, 0) is 11.3 Å². The van der Waals surface area contributed by atoms with Crippen LogP contribution in [-0.4, -0.2) is 66.7 Å². The first-order valence-corrected chi connectivity index (χ1v) is 14.2. The van der Waals surface area contributed by atoms with Gasteiger partial charge in [0.05, 0.1) is 25.0 Å². The number of fused-ring (bicyclic) bond motifs is 1. The number of rotatable bonds is 5. The molecule has 0 bridgehead atoms. The van der Waals surface area contributed by atoms with Gasteiger partial charge in [0, 0.05) is 37.1 Å². The molecule has 3 heterocycles. The average molecular weight is 582 g/mol. The number of aromatic nitrogens is 1. The Morgan fingerprint density at radius 1 is 1.07 bits per heavy atom. The Labute approximate surface area is 241 Å². The van der Waals surface area contributed by atoms with Crippen LogP contribution >= 0.6 is 11.3 Å². The highest BCUT2D eigenvalue weighted by atomic mass is 32.1. The molecule has 1 N–H and O–H groups in total. The number of hydrogen-bond acceptors (Lipinski definition) is 8. The van der Waals surface area contributed by atoms with Gasteiger partial charge in [0.25, 0.3) is 11.8 Å². The van der Waals surface area contributed by atoms with Crippen LogP contribution in [0, 0.1) is 5.82 Å². The van der Waals surface area contributed by atoms with Gasteiger partial charge in [-0.3, -0.25) is 14.5 Å². The fraction of sp³-hybridized carbons (Fsp3) is 0.379. The molecular formula is C29H32FN5O5S. The number of nitrogens with zero attached hydrogens (tertiary/aromatic N) is 4. The summed E-state index contributed by atoms with van der Waals surface area (Å²) in [5.41, 5.74) is 1.86. The van der Waals surface area contributed by atoms with Crippen molar-refractivity contribution in [2.24, 2.45) is 0 Å². The second kappa shape index (κ2) is 11.4. The number of carbonyl (C=O) groups excluding carboxylic acids is 3. The van der Waals surface area contributed by atoms with Gasteiger partial charge in [0.2, 0.25) is 0 Å². The quantitative estimate of drug-likeness (QED) is 0.444. The van der Waals surface area contributed by atoms with Crippen LogP contribution in [0.3, 0.4) is 0 Å². The summed E-state index contributed by atoms with van der Waals surface area (Å²) in [7, 11) is 1.54. The first-order chi connectivity index (χ1) is 19.5. The van der Waals surface area contributed by atoms with Crippen molar-refractivity contribution in [3.8, 4) is 5.75 Å². The van der Waals surface area contributed by atoms with Crippen LogP contribution < -0.4 is 19.9 Å². The smallest absolute Gasteiger partial charge is 0.410 e. The van der Waals surface area contributed by atoms with Crippen molar-refractivity contribution >= 4 is 45.8 Å². The van der Waals surface area contributed by atoms with Crippen LogP contribution in [0.15, 0.2) is 41.8 Å². The fourth-order valence-corrected chi connectivity index (χ4v) is 5.59. The maximum absolute atomic E-state index is 14.3. The Hall–Kier alpha value is -4.19. The lowest BCUT2D eigenvalue weighted by molar-refractivity contribution is 0.0263. The second-order valence-corrected chi connectivity index (χ2v) is 11.7. The number of halogens is 1. The molecule has 1 aromatic heterocycles. The highest BCUT2D eigenvalue weighted by molar-refractivity contribution is 7.14. The SMILES string of the molecule is COc1ccc2c(c1)C(=O)N(c1nc(C(=O)Nc3cc(F)ccc3N3CCCN(C(=O)OC(C)(C)C)CC3)cs1)C2. The summed E-state index contributed by atoms with van der Waals surface area (Å²) < 4.78 is 25.1. The zero-order chi connectivity index (χ0) is 29.3. The van der Waals surface area contributed by atoms with Crippen molar-refractivity contribution in [2.45, 2.75) is 39.3 Å². The molecule has 0 aliphatic carbocycles. The van der Waals surface area contributed by atoms with Crippen molar-refractivity contribution in [2.75, 3.05) is 48.4 Å². The minimum atomic E-state index is -0.591. The Balaban J connectivity index is 1.29. The molecule has 216 valence electrons. The number of amides is 3. The highest BCUT2D eigenvalue weighted by Crippen LogP contribution is 2.33. The third kappa shape index (κ3) is 6.27. The van der Waals surface area contributed by atoms with Crippen LogP contribution in [0.5, 0.6) is 5.75 Å². The largest absolute Gasteiger partial charge is 0.497 e. The summed E-state index contributed by atoms with van der Waals surface area (Å²) >= 11 is 1.18. The lowest BCUT2D eigenvalue weighted by atomic mass is 10.1. The Kier molecular flexibility index (Phi) is 7.85. The van der Waals surface area contributed by atoms with Gasteiger partial charge in [-0.1, -0.05) is 6.07 Å². The predicted molar refractivity (Wildman–Crippen MR) is 155 cm³/mol. The number of nitrogens with one attached hydrogen (secondary N) is 1. The normalized spacial score (nSPS) is 15.4.